The highest BCUT2D eigenvalue weighted by Gasteiger charge is 2.11. The summed E-state index contributed by atoms with van der Waals surface area (Å²) in [5.74, 6) is 0. The number of aliphatic hydroxyl groups is 1. The van der Waals surface area contributed by atoms with Crippen LogP contribution in [-0.2, 0) is 16.6 Å². The highest BCUT2D eigenvalue weighted by Crippen LogP contribution is 2.21. The number of sulfonamides is 1. The van der Waals surface area contributed by atoms with Crippen LogP contribution in [0.2, 0.25) is 0 Å². The van der Waals surface area contributed by atoms with Crippen LogP contribution in [0.5, 0.6) is 0 Å². The Morgan fingerprint density at radius 3 is 2.21 bits per heavy atom. The molecule has 3 N–H and O–H groups in total. The van der Waals surface area contributed by atoms with Gasteiger partial charge in [-0.15, -0.1) is 0 Å². The number of hydrogen-bond acceptors (Lipinski definition) is 3. The van der Waals surface area contributed by atoms with Gasteiger partial charge in [0.1, 0.15) is 0 Å². The fourth-order valence-corrected chi connectivity index (χ4v) is 2.69. The standard InChI is InChI=1S/C13H16N2O3S/c1-9-7-11(8-16)10(2)15(9)12-3-5-13(6-4-12)19(14,17)18/h3-7,16H,8H2,1-2H3,(H2,14,17,18). The molecule has 6 heteroatoms. The second-order valence-electron chi connectivity index (χ2n) is 4.43. The van der Waals surface area contributed by atoms with E-state index in [0.717, 1.165) is 22.6 Å². The minimum absolute atomic E-state index is 0.0189. The summed E-state index contributed by atoms with van der Waals surface area (Å²) in [6.45, 7) is 3.82. The zero-order chi connectivity index (χ0) is 14.2. The Kier molecular flexibility index (Phi) is 3.49. The number of primary sulfonamides is 1. The fraction of sp³-hybridized carbons (Fsp3) is 0.231. The summed E-state index contributed by atoms with van der Waals surface area (Å²) in [5, 5.41) is 14.3. The molecular formula is C13H16N2O3S. The van der Waals surface area contributed by atoms with Crippen molar-refractivity contribution in [3.63, 3.8) is 0 Å². The molecule has 0 atom stereocenters. The van der Waals surface area contributed by atoms with Gasteiger partial charge in [0.15, 0.2) is 0 Å². The van der Waals surface area contributed by atoms with E-state index in [0.29, 0.717) is 0 Å². The van der Waals surface area contributed by atoms with Crippen molar-refractivity contribution < 1.29 is 13.5 Å². The largest absolute Gasteiger partial charge is 0.392 e. The summed E-state index contributed by atoms with van der Waals surface area (Å²) in [4.78, 5) is 0.0843. The third-order valence-electron chi connectivity index (χ3n) is 3.13. The monoisotopic (exact) mass is 280 g/mol. The molecule has 2 rings (SSSR count). The lowest BCUT2D eigenvalue weighted by Gasteiger charge is -2.10. The molecule has 1 heterocycles. The minimum atomic E-state index is -3.67. The molecule has 0 saturated heterocycles. The predicted octanol–water partition coefficient (Wildman–Crippen LogP) is 1.23. The average Bonchev–Trinajstić information content (AvgIpc) is 2.63. The number of aliphatic hydroxyl groups excluding tert-OH is 1. The molecule has 0 saturated carbocycles. The summed E-state index contributed by atoms with van der Waals surface area (Å²) < 4.78 is 24.4. The topological polar surface area (TPSA) is 85.3 Å². The smallest absolute Gasteiger partial charge is 0.238 e. The molecule has 0 radical (unpaired) electrons. The molecule has 5 nitrogen and oxygen atoms in total. The Morgan fingerprint density at radius 2 is 1.79 bits per heavy atom. The number of benzene rings is 1. The molecule has 0 aliphatic rings. The molecule has 0 amide bonds. The third-order valence-corrected chi connectivity index (χ3v) is 4.06. The molecule has 0 aliphatic heterocycles. The Balaban J connectivity index is 2.52. The molecule has 0 aliphatic carbocycles. The molecule has 102 valence electrons. The van der Waals surface area contributed by atoms with Crippen LogP contribution in [0, 0.1) is 13.8 Å². The lowest BCUT2D eigenvalue weighted by molar-refractivity contribution is 0.281. The van der Waals surface area contributed by atoms with Gasteiger partial charge in [0, 0.05) is 17.1 Å². The van der Waals surface area contributed by atoms with Gasteiger partial charge in [0.25, 0.3) is 0 Å². The van der Waals surface area contributed by atoms with Crippen LogP contribution in [0.4, 0.5) is 0 Å². The van der Waals surface area contributed by atoms with Crippen molar-refractivity contribution >= 4 is 10.0 Å². The summed E-state index contributed by atoms with van der Waals surface area (Å²) in [7, 11) is -3.67. The van der Waals surface area contributed by atoms with Crippen LogP contribution in [0.25, 0.3) is 5.69 Å². The first-order valence-corrected chi connectivity index (χ1v) is 7.31. The van der Waals surface area contributed by atoms with Crippen molar-refractivity contribution in [1.29, 1.82) is 0 Å². The first-order valence-electron chi connectivity index (χ1n) is 5.76. The van der Waals surface area contributed by atoms with Gasteiger partial charge in [-0.25, -0.2) is 13.6 Å². The average molecular weight is 280 g/mol. The Bertz CT molecular complexity index is 700. The van der Waals surface area contributed by atoms with E-state index in [-0.39, 0.29) is 11.5 Å². The number of nitrogens with zero attached hydrogens (tertiary/aromatic N) is 1. The summed E-state index contributed by atoms with van der Waals surface area (Å²) >= 11 is 0. The minimum Gasteiger partial charge on any atom is -0.392 e. The summed E-state index contributed by atoms with van der Waals surface area (Å²) in [6.07, 6.45) is 0. The zero-order valence-corrected chi connectivity index (χ0v) is 11.6. The van der Waals surface area contributed by atoms with E-state index in [1.165, 1.54) is 12.1 Å². The van der Waals surface area contributed by atoms with E-state index in [1.54, 1.807) is 12.1 Å². The van der Waals surface area contributed by atoms with Crippen LogP contribution in [0.15, 0.2) is 35.2 Å². The predicted molar refractivity (Wildman–Crippen MR) is 72.5 cm³/mol. The number of rotatable bonds is 3. The number of nitrogens with two attached hydrogens (primary N) is 1. The molecule has 1 aromatic heterocycles. The first-order chi connectivity index (χ1) is 8.84. The lowest BCUT2D eigenvalue weighted by Crippen LogP contribution is -2.12. The van der Waals surface area contributed by atoms with E-state index in [1.807, 2.05) is 24.5 Å². The molecule has 1 aromatic carbocycles. The molecule has 0 spiro atoms. The van der Waals surface area contributed by atoms with Crippen molar-refractivity contribution in [2.75, 3.05) is 0 Å². The maximum atomic E-state index is 11.2. The second-order valence-corrected chi connectivity index (χ2v) is 5.99. The fourth-order valence-electron chi connectivity index (χ4n) is 2.17. The van der Waals surface area contributed by atoms with Crippen LogP contribution >= 0.6 is 0 Å². The van der Waals surface area contributed by atoms with Crippen molar-refractivity contribution in [2.24, 2.45) is 5.14 Å². The van der Waals surface area contributed by atoms with E-state index in [4.69, 9.17) is 5.14 Å². The van der Waals surface area contributed by atoms with Crippen molar-refractivity contribution in [3.05, 3.63) is 47.3 Å². The van der Waals surface area contributed by atoms with Gasteiger partial charge < -0.3 is 9.67 Å². The Labute approximate surface area is 112 Å². The van der Waals surface area contributed by atoms with Crippen molar-refractivity contribution in [1.82, 2.24) is 4.57 Å². The van der Waals surface area contributed by atoms with E-state index in [2.05, 4.69) is 0 Å². The lowest BCUT2D eigenvalue weighted by atomic mass is 10.2. The second kappa shape index (κ2) is 4.80. The summed E-state index contributed by atoms with van der Waals surface area (Å²) in [5.41, 5.74) is 3.60. The normalized spacial score (nSPS) is 11.8. The van der Waals surface area contributed by atoms with Crippen LogP contribution in [0.1, 0.15) is 17.0 Å². The highest BCUT2D eigenvalue weighted by molar-refractivity contribution is 7.89. The first kappa shape index (κ1) is 13.8. The Morgan fingerprint density at radius 1 is 1.21 bits per heavy atom. The number of aromatic nitrogens is 1. The maximum absolute atomic E-state index is 11.2. The van der Waals surface area contributed by atoms with Crippen LogP contribution < -0.4 is 5.14 Å². The Hall–Kier alpha value is -1.63. The molecule has 2 aromatic rings. The molecule has 19 heavy (non-hydrogen) atoms. The summed E-state index contributed by atoms with van der Waals surface area (Å²) in [6, 6.07) is 8.25. The number of hydrogen-bond donors (Lipinski definition) is 2. The van der Waals surface area contributed by atoms with E-state index < -0.39 is 10.0 Å². The quantitative estimate of drug-likeness (QED) is 0.886. The maximum Gasteiger partial charge on any atom is 0.238 e. The van der Waals surface area contributed by atoms with Crippen molar-refractivity contribution in [2.45, 2.75) is 25.3 Å². The molecule has 0 unspecified atom stereocenters. The number of aryl methyl sites for hydroxylation is 1. The van der Waals surface area contributed by atoms with Crippen LogP contribution in [-0.4, -0.2) is 18.1 Å². The van der Waals surface area contributed by atoms with Gasteiger partial charge in [-0.2, -0.15) is 0 Å². The molecule has 0 bridgehead atoms. The van der Waals surface area contributed by atoms with E-state index >= 15 is 0 Å². The van der Waals surface area contributed by atoms with Gasteiger partial charge in [0.05, 0.1) is 11.5 Å². The SMILES string of the molecule is Cc1cc(CO)c(C)n1-c1ccc(S(N)(=O)=O)cc1. The third kappa shape index (κ3) is 2.56. The van der Waals surface area contributed by atoms with Gasteiger partial charge >= 0.3 is 0 Å². The highest BCUT2D eigenvalue weighted by atomic mass is 32.2. The molecule has 0 fully saturated rings. The van der Waals surface area contributed by atoms with E-state index in [9.17, 15) is 13.5 Å². The molecular weight excluding hydrogens is 264 g/mol. The van der Waals surface area contributed by atoms with Crippen molar-refractivity contribution in [3.8, 4) is 5.69 Å². The van der Waals surface area contributed by atoms with Gasteiger partial charge in [0.2, 0.25) is 10.0 Å². The van der Waals surface area contributed by atoms with Gasteiger partial charge in [-0.3, -0.25) is 0 Å². The van der Waals surface area contributed by atoms with Gasteiger partial charge in [-0.1, -0.05) is 0 Å². The van der Waals surface area contributed by atoms with Gasteiger partial charge in [-0.05, 0) is 49.7 Å². The zero-order valence-electron chi connectivity index (χ0n) is 10.8. The van der Waals surface area contributed by atoms with Crippen LogP contribution in [0.3, 0.4) is 0 Å².